The number of amides is 1. The number of aryl methyl sites for hydroxylation is 1. The molecule has 1 amide bonds. The highest BCUT2D eigenvalue weighted by atomic mass is 19.1. The van der Waals surface area contributed by atoms with E-state index in [0.717, 1.165) is 12.8 Å². The van der Waals surface area contributed by atoms with E-state index in [-0.39, 0.29) is 17.8 Å². The van der Waals surface area contributed by atoms with Crippen LogP contribution in [0.3, 0.4) is 0 Å². The minimum Gasteiger partial charge on any atom is -0.323 e. The molecule has 2 rings (SSSR count). The molecule has 1 saturated heterocycles. The minimum absolute atomic E-state index is 0.250. The molecule has 1 aromatic carbocycles. The van der Waals surface area contributed by atoms with Gasteiger partial charge in [-0.25, -0.2) is 4.39 Å². The first-order valence-electron chi connectivity index (χ1n) is 6.10. The smallest absolute Gasteiger partial charge is 0.255 e. The number of benzene rings is 1. The molecule has 18 heavy (non-hydrogen) atoms. The van der Waals surface area contributed by atoms with Crippen molar-refractivity contribution in [3.8, 4) is 6.07 Å². The monoisotopic (exact) mass is 246 g/mol. The van der Waals surface area contributed by atoms with E-state index < -0.39 is 0 Å². The fraction of sp³-hybridized carbons (Fsp3) is 0.429. The number of carbonyl (C=O) groups excluding carboxylic acids is 1. The van der Waals surface area contributed by atoms with Crippen molar-refractivity contribution in [3.63, 3.8) is 0 Å². The van der Waals surface area contributed by atoms with E-state index >= 15 is 0 Å². The van der Waals surface area contributed by atoms with E-state index in [1.807, 2.05) is 0 Å². The molecule has 0 N–H and O–H groups in total. The maximum absolute atomic E-state index is 13.5. The van der Waals surface area contributed by atoms with Gasteiger partial charge < -0.3 is 4.90 Å². The van der Waals surface area contributed by atoms with Gasteiger partial charge in [0, 0.05) is 12.1 Å². The Morgan fingerprint density at radius 2 is 2.28 bits per heavy atom. The third kappa shape index (κ3) is 2.35. The van der Waals surface area contributed by atoms with E-state index in [1.165, 1.54) is 6.07 Å². The van der Waals surface area contributed by atoms with Crippen molar-refractivity contribution in [3.05, 3.63) is 35.1 Å². The van der Waals surface area contributed by atoms with Crippen LogP contribution in [0.1, 0.15) is 35.2 Å². The largest absolute Gasteiger partial charge is 0.323 e. The van der Waals surface area contributed by atoms with E-state index in [0.29, 0.717) is 24.1 Å². The molecule has 0 saturated carbocycles. The van der Waals surface area contributed by atoms with Crippen LogP contribution < -0.4 is 0 Å². The minimum atomic E-state index is -0.383. The van der Waals surface area contributed by atoms with Gasteiger partial charge in [-0.05, 0) is 43.9 Å². The van der Waals surface area contributed by atoms with Crippen LogP contribution in [-0.4, -0.2) is 23.4 Å². The summed E-state index contributed by atoms with van der Waals surface area (Å²) < 4.78 is 13.5. The highest BCUT2D eigenvalue weighted by molar-refractivity contribution is 5.94. The van der Waals surface area contributed by atoms with Crippen LogP contribution in [0.25, 0.3) is 0 Å². The van der Waals surface area contributed by atoms with Gasteiger partial charge in [-0.2, -0.15) is 5.26 Å². The van der Waals surface area contributed by atoms with Crippen LogP contribution in [0.15, 0.2) is 18.2 Å². The fourth-order valence-corrected chi connectivity index (χ4v) is 2.20. The van der Waals surface area contributed by atoms with Crippen LogP contribution in [0, 0.1) is 24.1 Å². The lowest BCUT2D eigenvalue weighted by Crippen LogP contribution is -2.42. The first-order valence-corrected chi connectivity index (χ1v) is 6.10. The molecule has 3 nitrogen and oxygen atoms in total. The Morgan fingerprint density at radius 1 is 1.50 bits per heavy atom. The van der Waals surface area contributed by atoms with Crippen molar-refractivity contribution in [1.29, 1.82) is 5.26 Å². The number of carbonyl (C=O) groups is 1. The molecular weight excluding hydrogens is 231 g/mol. The molecule has 0 aliphatic carbocycles. The number of hydrogen-bond donors (Lipinski definition) is 0. The highest BCUT2D eigenvalue weighted by Crippen LogP contribution is 2.20. The van der Waals surface area contributed by atoms with Gasteiger partial charge in [-0.1, -0.05) is 6.07 Å². The number of halogens is 1. The molecular formula is C14H15FN2O. The van der Waals surface area contributed by atoms with Gasteiger partial charge in [0.25, 0.3) is 5.91 Å². The quantitative estimate of drug-likeness (QED) is 0.764. The van der Waals surface area contributed by atoms with E-state index in [4.69, 9.17) is 5.26 Å². The Hall–Kier alpha value is -1.89. The maximum Gasteiger partial charge on any atom is 0.255 e. The van der Waals surface area contributed by atoms with Gasteiger partial charge in [-0.15, -0.1) is 0 Å². The lowest BCUT2D eigenvalue weighted by molar-refractivity contribution is 0.0670. The van der Waals surface area contributed by atoms with E-state index in [1.54, 1.807) is 24.0 Å². The average molecular weight is 246 g/mol. The molecule has 0 aromatic heterocycles. The van der Waals surface area contributed by atoms with Crippen molar-refractivity contribution in [2.75, 3.05) is 6.54 Å². The highest BCUT2D eigenvalue weighted by Gasteiger charge is 2.27. The summed E-state index contributed by atoms with van der Waals surface area (Å²) in [6.07, 6.45) is 2.57. The van der Waals surface area contributed by atoms with Crippen molar-refractivity contribution >= 4 is 5.91 Å². The second-order valence-electron chi connectivity index (χ2n) is 4.60. The molecule has 4 heteroatoms. The Labute approximate surface area is 106 Å². The first kappa shape index (κ1) is 12.6. The zero-order valence-corrected chi connectivity index (χ0v) is 10.3. The summed E-state index contributed by atoms with van der Waals surface area (Å²) in [5.41, 5.74) is 0.835. The van der Waals surface area contributed by atoms with Crippen LogP contribution in [0.5, 0.6) is 0 Å². The standard InChI is InChI=1S/C14H15FN2O/c1-10-5-6-11(8-13(10)15)14(18)17-7-3-2-4-12(17)9-16/h5-6,8,12H,2-4,7H2,1H3. The molecule has 0 bridgehead atoms. The number of rotatable bonds is 1. The predicted molar refractivity (Wildman–Crippen MR) is 65.4 cm³/mol. The summed E-state index contributed by atoms with van der Waals surface area (Å²) in [5.74, 6) is -0.633. The SMILES string of the molecule is Cc1ccc(C(=O)N2CCCCC2C#N)cc1F. The van der Waals surface area contributed by atoms with E-state index in [2.05, 4.69) is 6.07 Å². The number of nitrogens with zero attached hydrogens (tertiary/aromatic N) is 2. The third-order valence-electron chi connectivity index (χ3n) is 3.33. The number of hydrogen-bond acceptors (Lipinski definition) is 2. The molecule has 1 aromatic rings. The molecule has 0 spiro atoms. The zero-order valence-electron chi connectivity index (χ0n) is 10.3. The lowest BCUT2D eigenvalue weighted by Gasteiger charge is -2.31. The van der Waals surface area contributed by atoms with Gasteiger partial charge in [-0.3, -0.25) is 4.79 Å². The Balaban J connectivity index is 2.24. The summed E-state index contributed by atoms with van der Waals surface area (Å²) >= 11 is 0. The van der Waals surface area contributed by atoms with Gasteiger partial charge in [0.2, 0.25) is 0 Å². The maximum atomic E-state index is 13.5. The number of piperidine rings is 1. The molecule has 1 unspecified atom stereocenters. The normalized spacial score (nSPS) is 19.4. The Morgan fingerprint density at radius 3 is 2.94 bits per heavy atom. The summed E-state index contributed by atoms with van der Waals surface area (Å²) in [4.78, 5) is 13.8. The van der Waals surface area contributed by atoms with Crippen LogP contribution in [0.2, 0.25) is 0 Å². The van der Waals surface area contributed by atoms with Gasteiger partial charge in [0.1, 0.15) is 11.9 Å². The Kier molecular flexibility index (Phi) is 3.61. The second-order valence-corrected chi connectivity index (χ2v) is 4.60. The van der Waals surface area contributed by atoms with Gasteiger partial charge in [0.05, 0.1) is 6.07 Å². The average Bonchev–Trinajstić information content (AvgIpc) is 2.41. The fourth-order valence-electron chi connectivity index (χ4n) is 2.20. The van der Waals surface area contributed by atoms with Crippen molar-refractivity contribution < 1.29 is 9.18 Å². The molecule has 1 heterocycles. The van der Waals surface area contributed by atoms with Crippen molar-refractivity contribution in [1.82, 2.24) is 4.90 Å². The van der Waals surface area contributed by atoms with Gasteiger partial charge in [0.15, 0.2) is 0 Å². The molecule has 1 fully saturated rings. The predicted octanol–water partition coefficient (Wildman–Crippen LogP) is 2.65. The van der Waals surface area contributed by atoms with E-state index in [9.17, 15) is 9.18 Å². The zero-order chi connectivity index (χ0) is 13.1. The van der Waals surface area contributed by atoms with Crippen LogP contribution >= 0.6 is 0 Å². The molecule has 1 aliphatic heterocycles. The second kappa shape index (κ2) is 5.18. The Bertz CT molecular complexity index is 507. The molecule has 1 atom stereocenters. The van der Waals surface area contributed by atoms with Crippen molar-refractivity contribution in [2.24, 2.45) is 0 Å². The number of nitriles is 1. The first-order chi connectivity index (χ1) is 8.63. The van der Waals surface area contributed by atoms with Gasteiger partial charge >= 0.3 is 0 Å². The summed E-state index contributed by atoms with van der Waals surface area (Å²) in [7, 11) is 0. The summed E-state index contributed by atoms with van der Waals surface area (Å²) in [6, 6.07) is 6.22. The van der Waals surface area contributed by atoms with Crippen LogP contribution in [-0.2, 0) is 0 Å². The summed E-state index contributed by atoms with van der Waals surface area (Å²) in [5, 5.41) is 9.04. The third-order valence-corrected chi connectivity index (χ3v) is 3.33. The van der Waals surface area contributed by atoms with Crippen molar-refractivity contribution in [2.45, 2.75) is 32.2 Å². The number of likely N-dealkylation sites (tertiary alicyclic amines) is 1. The van der Waals surface area contributed by atoms with Crippen LogP contribution in [0.4, 0.5) is 4.39 Å². The molecule has 94 valence electrons. The molecule has 1 aliphatic rings. The molecule has 0 radical (unpaired) electrons. The lowest BCUT2D eigenvalue weighted by atomic mass is 10.0. The topological polar surface area (TPSA) is 44.1 Å². The summed E-state index contributed by atoms with van der Waals surface area (Å²) in [6.45, 7) is 2.23.